The third kappa shape index (κ3) is 4.87. The number of nitro benzene ring substituents is 2. The van der Waals surface area contributed by atoms with Gasteiger partial charge in [-0.2, -0.15) is 0 Å². The molecule has 0 saturated carbocycles. The lowest BCUT2D eigenvalue weighted by Crippen LogP contribution is -2.12. The van der Waals surface area contributed by atoms with Crippen molar-refractivity contribution in [3.8, 4) is 11.1 Å². The van der Waals surface area contributed by atoms with Gasteiger partial charge in [0.25, 0.3) is 11.4 Å². The summed E-state index contributed by atoms with van der Waals surface area (Å²) in [5, 5.41) is 31.8. The Balaban J connectivity index is 2.38. The number of hydrogen-bond acceptors (Lipinski definition) is 7. The summed E-state index contributed by atoms with van der Waals surface area (Å²) in [5.41, 5.74) is 7.56. The second-order valence-corrected chi connectivity index (χ2v) is 5.77. The molecule has 1 atom stereocenters. The number of aliphatic hydroxyl groups is 1. The van der Waals surface area contributed by atoms with E-state index in [0.717, 1.165) is 6.07 Å². The highest BCUT2D eigenvalue weighted by atomic mass is 16.6. The van der Waals surface area contributed by atoms with Crippen molar-refractivity contribution >= 4 is 22.6 Å². The van der Waals surface area contributed by atoms with Crippen molar-refractivity contribution in [2.75, 3.05) is 12.3 Å². The lowest BCUT2D eigenvalue weighted by Gasteiger charge is -2.15. The fourth-order valence-corrected chi connectivity index (χ4v) is 2.61. The highest BCUT2D eigenvalue weighted by Gasteiger charge is 2.18. The first kappa shape index (κ1) is 20.0. The fraction of sp³-hybridized carbons (Fsp3) is 0.222. The summed E-state index contributed by atoms with van der Waals surface area (Å²) in [7, 11) is 0. The highest BCUT2D eigenvalue weighted by Crippen LogP contribution is 2.33. The topological polar surface area (TPSA) is 142 Å². The van der Waals surface area contributed by atoms with Crippen LogP contribution < -0.4 is 5.73 Å². The van der Waals surface area contributed by atoms with E-state index in [2.05, 4.69) is 6.58 Å². The first-order valence-corrected chi connectivity index (χ1v) is 8.04. The molecular weight excluding hydrogens is 354 g/mol. The van der Waals surface area contributed by atoms with Crippen LogP contribution in [0.15, 0.2) is 43.0 Å². The lowest BCUT2D eigenvalue weighted by molar-refractivity contribution is -0.394. The zero-order valence-corrected chi connectivity index (χ0v) is 14.6. The number of rotatable bonds is 8. The van der Waals surface area contributed by atoms with Crippen molar-refractivity contribution in [3.05, 3.63) is 68.8 Å². The molecule has 0 aromatic heterocycles. The zero-order valence-electron chi connectivity index (χ0n) is 14.6. The van der Waals surface area contributed by atoms with Crippen LogP contribution >= 0.6 is 0 Å². The number of benzene rings is 2. The van der Waals surface area contributed by atoms with E-state index in [9.17, 15) is 25.3 Å². The van der Waals surface area contributed by atoms with E-state index in [-0.39, 0.29) is 17.8 Å². The van der Waals surface area contributed by atoms with Crippen molar-refractivity contribution in [1.29, 1.82) is 0 Å². The number of non-ortho nitro benzene ring substituents is 2. The molecular formula is C18H19N3O6. The number of anilines is 1. The minimum atomic E-state index is -0.999. The summed E-state index contributed by atoms with van der Waals surface area (Å²) in [5.74, 6) is 0. The summed E-state index contributed by atoms with van der Waals surface area (Å²) in [6, 6.07) is 8.22. The normalized spacial score (nSPS) is 11.8. The summed E-state index contributed by atoms with van der Waals surface area (Å²) < 4.78 is 5.06. The molecule has 2 aromatic carbocycles. The van der Waals surface area contributed by atoms with Gasteiger partial charge < -0.3 is 15.6 Å². The third-order valence-corrected chi connectivity index (χ3v) is 3.87. The smallest absolute Gasteiger partial charge is 0.276 e. The van der Waals surface area contributed by atoms with Gasteiger partial charge in [-0.25, -0.2) is 0 Å². The molecule has 9 nitrogen and oxygen atoms in total. The van der Waals surface area contributed by atoms with Crippen LogP contribution in [0.5, 0.6) is 0 Å². The molecule has 0 spiro atoms. The number of nitrogens with two attached hydrogens (primary N) is 1. The zero-order chi connectivity index (χ0) is 20.1. The predicted octanol–water partition coefficient (Wildman–Crippen LogP) is 3.51. The second-order valence-electron chi connectivity index (χ2n) is 5.77. The first-order valence-electron chi connectivity index (χ1n) is 8.04. The summed E-state index contributed by atoms with van der Waals surface area (Å²) in [6.07, 6.45) is -0.833. The molecule has 3 N–H and O–H groups in total. The lowest BCUT2D eigenvalue weighted by atomic mass is 9.97. The van der Waals surface area contributed by atoms with Crippen LogP contribution in [0, 0.1) is 20.2 Å². The summed E-state index contributed by atoms with van der Waals surface area (Å²) in [4.78, 5) is 20.7. The average molecular weight is 373 g/mol. The van der Waals surface area contributed by atoms with Gasteiger partial charge in [0, 0.05) is 36.4 Å². The Morgan fingerprint density at radius 3 is 2.22 bits per heavy atom. The molecule has 0 heterocycles. The van der Waals surface area contributed by atoms with E-state index in [1.54, 1.807) is 25.1 Å². The number of nitro groups is 2. The minimum absolute atomic E-state index is 0.166. The molecule has 0 amide bonds. The van der Waals surface area contributed by atoms with Gasteiger partial charge in [-0.3, -0.25) is 20.2 Å². The van der Waals surface area contributed by atoms with Gasteiger partial charge in [0.05, 0.1) is 15.9 Å². The van der Waals surface area contributed by atoms with E-state index >= 15 is 0 Å². The Morgan fingerprint density at radius 2 is 1.74 bits per heavy atom. The molecule has 0 aliphatic rings. The first-order chi connectivity index (χ1) is 12.7. The molecule has 2 rings (SSSR count). The van der Waals surface area contributed by atoms with Crippen molar-refractivity contribution < 1.29 is 19.7 Å². The maximum atomic E-state index is 11.0. The van der Waals surface area contributed by atoms with Gasteiger partial charge in [-0.05, 0) is 29.7 Å². The average Bonchev–Trinajstić information content (AvgIpc) is 2.61. The van der Waals surface area contributed by atoms with Gasteiger partial charge in [0.1, 0.15) is 0 Å². The maximum Gasteiger partial charge on any atom is 0.276 e. The van der Waals surface area contributed by atoms with Gasteiger partial charge in [0.15, 0.2) is 6.29 Å². The van der Waals surface area contributed by atoms with Crippen LogP contribution in [0.1, 0.15) is 18.9 Å². The van der Waals surface area contributed by atoms with Crippen LogP contribution in [0.2, 0.25) is 0 Å². The van der Waals surface area contributed by atoms with Gasteiger partial charge in [-0.1, -0.05) is 18.7 Å². The molecule has 0 fully saturated rings. The Labute approximate surface area is 155 Å². The predicted molar refractivity (Wildman–Crippen MR) is 101 cm³/mol. The number of aliphatic hydroxyl groups excluding tert-OH is 1. The molecule has 27 heavy (non-hydrogen) atoms. The molecule has 2 aromatic rings. The Morgan fingerprint density at radius 1 is 1.15 bits per heavy atom. The fourth-order valence-electron chi connectivity index (χ4n) is 2.61. The summed E-state index contributed by atoms with van der Waals surface area (Å²) in [6.45, 7) is 6.00. The van der Waals surface area contributed by atoms with Crippen molar-refractivity contribution in [2.45, 2.75) is 19.6 Å². The standard InChI is InChI=1S/C18H19N3O6/c1-3-27-18(22)6-11(2)16-5-4-12(9-17(16)19)13-7-14(20(23)24)10-15(8-13)21(25)26/h4-5,7-10,18,22H,2-3,6,19H2,1H3. The molecule has 9 heteroatoms. The molecule has 0 aliphatic heterocycles. The van der Waals surface area contributed by atoms with Crippen LogP contribution in [-0.2, 0) is 4.74 Å². The van der Waals surface area contributed by atoms with E-state index in [1.165, 1.54) is 12.1 Å². The van der Waals surface area contributed by atoms with Crippen LogP contribution in [-0.4, -0.2) is 27.9 Å². The molecule has 1 unspecified atom stereocenters. The van der Waals surface area contributed by atoms with Crippen molar-refractivity contribution in [3.63, 3.8) is 0 Å². The molecule has 0 bridgehead atoms. The van der Waals surface area contributed by atoms with E-state index in [1.807, 2.05) is 0 Å². The molecule has 0 saturated heterocycles. The monoisotopic (exact) mass is 373 g/mol. The quantitative estimate of drug-likeness (QED) is 0.312. The van der Waals surface area contributed by atoms with Crippen LogP contribution in [0.25, 0.3) is 16.7 Å². The highest BCUT2D eigenvalue weighted by molar-refractivity contribution is 5.80. The van der Waals surface area contributed by atoms with E-state index in [0.29, 0.717) is 34.6 Å². The van der Waals surface area contributed by atoms with Gasteiger partial charge in [0.2, 0.25) is 0 Å². The SMILES string of the molecule is C=C(CC(O)OCC)c1ccc(-c2cc([N+](=O)[O-])cc([N+](=O)[O-])c2)cc1N. The van der Waals surface area contributed by atoms with E-state index < -0.39 is 16.1 Å². The van der Waals surface area contributed by atoms with Crippen molar-refractivity contribution in [2.24, 2.45) is 0 Å². The largest absolute Gasteiger partial charge is 0.398 e. The molecule has 142 valence electrons. The van der Waals surface area contributed by atoms with Gasteiger partial charge in [-0.15, -0.1) is 0 Å². The molecule has 0 radical (unpaired) electrons. The number of ether oxygens (including phenoxy) is 1. The molecule has 0 aliphatic carbocycles. The summed E-state index contributed by atoms with van der Waals surface area (Å²) >= 11 is 0. The Bertz CT molecular complexity index is 864. The third-order valence-electron chi connectivity index (χ3n) is 3.87. The second kappa shape index (κ2) is 8.39. The van der Waals surface area contributed by atoms with E-state index in [4.69, 9.17) is 10.5 Å². The number of nitrogen functional groups attached to an aromatic ring is 1. The Hall–Kier alpha value is -3.30. The van der Waals surface area contributed by atoms with Crippen molar-refractivity contribution in [1.82, 2.24) is 0 Å². The minimum Gasteiger partial charge on any atom is -0.398 e. The number of nitrogens with zero attached hydrogens (tertiary/aromatic N) is 2. The Kier molecular flexibility index (Phi) is 6.22. The van der Waals surface area contributed by atoms with Crippen LogP contribution in [0.3, 0.4) is 0 Å². The van der Waals surface area contributed by atoms with Gasteiger partial charge >= 0.3 is 0 Å². The number of hydrogen-bond donors (Lipinski definition) is 2. The maximum absolute atomic E-state index is 11.0. The van der Waals surface area contributed by atoms with Crippen LogP contribution in [0.4, 0.5) is 17.1 Å².